The summed E-state index contributed by atoms with van der Waals surface area (Å²) in [6.45, 7) is -0.455. The quantitative estimate of drug-likeness (QED) is 0.707. The summed E-state index contributed by atoms with van der Waals surface area (Å²) in [5.41, 5.74) is 2.02. The van der Waals surface area contributed by atoms with Crippen LogP contribution in [0.4, 0.5) is 5.69 Å². The van der Waals surface area contributed by atoms with Crippen LogP contribution in [0.25, 0.3) is 10.6 Å². The number of carbonyl (C=O) groups is 2. The minimum absolute atomic E-state index is 0.303. The molecule has 0 bridgehead atoms. The standard InChI is InChI=1S/C18H14N2O4S/c21-16(22)11-24-15-3-1-2-13(10-15)17(23)20-14-6-4-12(5-7-14)18-19-8-9-25-18/h1-10H,11H2,(H,20,23)(H,21,22). The first kappa shape index (κ1) is 16.7. The minimum atomic E-state index is -1.07. The maximum atomic E-state index is 12.3. The van der Waals surface area contributed by atoms with E-state index < -0.39 is 12.6 Å². The summed E-state index contributed by atoms with van der Waals surface area (Å²) in [5.74, 6) is -1.05. The second-order valence-corrected chi connectivity index (χ2v) is 5.97. The molecule has 0 spiro atoms. The lowest BCUT2D eigenvalue weighted by Gasteiger charge is -2.08. The van der Waals surface area contributed by atoms with Gasteiger partial charge in [0.15, 0.2) is 6.61 Å². The molecular formula is C18H14N2O4S. The second-order valence-electron chi connectivity index (χ2n) is 5.08. The number of nitrogens with zero attached hydrogens (tertiary/aromatic N) is 1. The summed E-state index contributed by atoms with van der Waals surface area (Å²) < 4.78 is 5.08. The van der Waals surface area contributed by atoms with Crippen molar-refractivity contribution in [3.8, 4) is 16.3 Å². The predicted molar refractivity (Wildman–Crippen MR) is 95.1 cm³/mol. The number of nitrogens with one attached hydrogen (secondary N) is 1. The fourth-order valence-corrected chi connectivity index (χ4v) is 2.78. The summed E-state index contributed by atoms with van der Waals surface area (Å²) in [4.78, 5) is 27.1. The molecule has 3 aromatic rings. The highest BCUT2D eigenvalue weighted by atomic mass is 32.1. The van der Waals surface area contributed by atoms with E-state index in [9.17, 15) is 9.59 Å². The third-order valence-corrected chi connectivity index (χ3v) is 4.10. The van der Waals surface area contributed by atoms with Crippen LogP contribution in [-0.2, 0) is 4.79 Å². The van der Waals surface area contributed by atoms with E-state index in [1.807, 2.05) is 17.5 Å². The molecule has 0 aliphatic rings. The summed E-state index contributed by atoms with van der Waals surface area (Å²) in [7, 11) is 0. The minimum Gasteiger partial charge on any atom is -0.482 e. The van der Waals surface area contributed by atoms with Crippen LogP contribution < -0.4 is 10.1 Å². The van der Waals surface area contributed by atoms with Gasteiger partial charge in [0.2, 0.25) is 0 Å². The summed E-state index contributed by atoms with van der Waals surface area (Å²) in [5, 5.41) is 14.3. The number of carbonyl (C=O) groups excluding carboxylic acids is 1. The maximum absolute atomic E-state index is 12.3. The van der Waals surface area contributed by atoms with Crippen LogP contribution in [0.3, 0.4) is 0 Å². The van der Waals surface area contributed by atoms with Gasteiger partial charge in [0.1, 0.15) is 10.8 Å². The molecule has 1 amide bonds. The molecule has 6 nitrogen and oxygen atoms in total. The SMILES string of the molecule is O=C(O)COc1cccc(C(=O)Nc2ccc(-c3nccs3)cc2)c1. The summed E-state index contributed by atoms with van der Waals surface area (Å²) in [6, 6.07) is 13.8. The highest BCUT2D eigenvalue weighted by molar-refractivity contribution is 7.13. The van der Waals surface area contributed by atoms with Gasteiger partial charge in [-0.25, -0.2) is 9.78 Å². The lowest BCUT2D eigenvalue weighted by atomic mass is 10.1. The largest absolute Gasteiger partial charge is 0.482 e. The summed E-state index contributed by atoms with van der Waals surface area (Å²) >= 11 is 1.55. The average molecular weight is 354 g/mol. The first-order chi connectivity index (χ1) is 12.1. The van der Waals surface area contributed by atoms with E-state index in [1.54, 1.807) is 47.9 Å². The van der Waals surface area contributed by atoms with Crippen molar-refractivity contribution in [3.05, 3.63) is 65.7 Å². The van der Waals surface area contributed by atoms with Crippen LogP contribution in [0.2, 0.25) is 0 Å². The molecule has 7 heteroatoms. The van der Waals surface area contributed by atoms with Crippen LogP contribution in [0, 0.1) is 0 Å². The fourth-order valence-electron chi connectivity index (χ4n) is 2.14. The number of carboxylic acids is 1. The van der Waals surface area contributed by atoms with Crippen molar-refractivity contribution in [2.45, 2.75) is 0 Å². The van der Waals surface area contributed by atoms with Gasteiger partial charge in [-0.05, 0) is 42.5 Å². The number of hydrogen-bond donors (Lipinski definition) is 2. The molecule has 1 aromatic heterocycles. The van der Waals surface area contributed by atoms with E-state index in [2.05, 4.69) is 10.3 Å². The van der Waals surface area contributed by atoms with Gasteiger partial charge in [-0.15, -0.1) is 11.3 Å². The zero-order valence-electron chi connectivity index (χ0n) is 13.0. The number of amides is 1. The molecule has 0 aliphatic carbocycles. The van der Waals surface area contributed by atoms with Gasteiger partial charge in [-0.2, -0.15) is 0 Å². The Hall–Kier alpha value is -3.19. The molecule has 0 saturated carbocycles. The number of aliphatic carboxylic acids is 1. The lowest BCUT2D eigenvalue weighted by Crippen LogP contribution is -2.13. The Morgan fingerprint density at radius 1 is 1.16 bits per heavy atom. The van der Waals surface area contributed by atoms with Gasteiger partial charge in [-0.3, -0.25) is 4.79 Å². The second kappa shape index (κ2) is 7.59. The third kappa shape index (κ3) is 4.42. The van der Waals surface area contributed by atoms with Crippen LogP contribution in [0.5, 0.6) is 5.75 Å². The van der Waals surface area contributed by atoms with Gasteiger partial charge >= 0.3 is 5.97 Å². The maximum Gasteiger partial charge on any atom is 0.341 e. The van der Waals surface area contributed by atoms with Crippen LogP contribution in [0.15, 0.2) is 60.1 Å². The number of carboxylic acid groups (broad SMARTS) is 1. The predicted octanol–water partition coefficient (Wildman–Crippen LogP) is 3.53. The van der Waals surface area contributed by atoms with E-state index in [4.69, 9.17) is 9.84 Å². The van der Waals surface area contributed by atoms with E-state index >= 15 is 0 Å². The Kier molecular flexibility index (Phi) is 5.06. The first-order valence-electron chi connectivity index (χ1n) is 7.38. The molecule has 2 N–H and O–H groups in total. The van der Waals surface area contributed by atoms with Crippen LogP contribution in [-0.4, -0.2) is 28.6 Å². The van der Waals surface area contributed by atoms with Crippen molar-refractivity contribution in [3.63, 3.8) is 0 Å². The third-order valence-electron chi connectivity index (χ3n) is 3.28. The van der Waals surface area contributed by atoms with E-state index in [1.165, 1.54) is 6.07 Å². The number of hydrogen-bond acceptors (Lipinski definition) is 5. The Bertz CT molecular complexity index is 876. The molecule has 3 rings (SSSR count). The number of rotatable bonds is 6. The molecule has 0 saturated heterocycles. The molecular weight excluding hydrogens is 340 g/mol. The molecule has 0 aliphatic heterocycles. The molecule has 126 valence electrons. The number of ether oxygens (including phenoxy) is 1. The molecule has 0 fully saturated rings. The van der Waals surface area contributed by atoms with Gasteiger partial charge in [-0.1, -0.05) is 6.07 Å². The van der Waals surface area contributed by atoms with Crippen molar-refractivity contribution >= 4 is 28.9 Å². The molecule has 0 radical (unpaired) electrons. The van der Waals surface area contributed by atoms with Gasteiger partial charge in [0, 0.05) is 28.4 Å². The first-order valence-corrected chi connectivity index (χ1v) is 8.26. The van der Waals surface area contributed by atoms with Crippen molar-refractivity contribution in [2.24, 2.45) is 0 Å². The fraction of sp³-hybridized carbons (Fsp3) is 0.0556. The molecule has 0 unspecified atom stereocenters. The Morgan fingerprint density at radius 2 is 1.96 bits per heavy atom. The molecule has 1 heterocycles. The van der Waals surface area contributed by atoms with Crippen molar-refractivity contribution < 1.29 is 19.4 Å². The molecule has 25 heavy (non-hydrogen) atoms. The van der Waals surface area contributed by atoms with Gasteiger partial charge < -0.3 is 15.2 Å². The lowest BCUT2D eigenvalue weighted by molar-refractivity contribution is -0.139. The van der Waals surface area contributed by atoms with Crippen LogP contribution in [0.1, 0.15) is 10.4 Å². The monoisotopic (exact) mass is 354 g/mol. The highest BCUT2D eigenvalue weighted by Gasteiger charge is 2.09. The Balaban J connectivity index is 1.67. The van der Waals surface area contributed by atoms with Crippen LogP contribution >= 0.6 is 11.3 Å². The molecule has 0 atom stereocenters. The Morgan fingerprint density at radius 3 is 2.64 bits per heavy atom. The van der Waals surface area contributed by atoms with Gasteiger partial charge in [0.25, 0.3) is 5.91 Å². The van der Waals surface area contributed by atoms with Crippen molar-refractivity contribution in [2.75, 3.05) is 11.9 Å². The number of anilines is 1. The average Bonchev–Trinajstić information content (AvgIpc) is 3.15. The molecule has 2 aromatic carbocycles. The van der Waals surface area contributed by atoms with E-state index in [0.29, 0.717) is 17.0 Å². The number of thiazole rings is 1. The van der Waals surface area contributed by atoms with Crippen molar-refractivity contribution in [1.82, 2.24) is 4.98 Å². The zero-order valence-corrected chi connectivity index (χ0v) is 13.8. The topological polar surface area (TPSA) is 88.5 Å². The zero-order chi connectivity index (χ0) is 17.6. The van der Waals surface area contributed by atoms with E-state index in [0.717, 1.165) is 10.6 Å². The number of benzene rings is 2. The smallest absolute Gasteiger partial charge is 0.341 e. The van der Waals surface area contributed by atoms with E-state index in [-0.39, 0.29) is 5.91 Å². The normalized spacial score (nSPS) is 10.2. The summed E-state index contributed by atoms with van der Waals surface area (Å²) in [6.07, 6.45) is 1.75. The van der Waals surface area contributed by atoms with Gasteiger partial charge in [0.05, 0.1) is 0 Å². The number of aromatic nitrogens is 1. The highest BCUT2D eigenvalue weighted by Crippen LogP contribution is 2.23. The Labute approximate surface area is 147 Å². The van der Waals surface area contributed by atoms with Crippen molar-refractivity contribution in [1.29, 1.82) is 0 Å².